The molecule has 112 valence electrons. The fourth-order valence-electron chi connectivity index (χ4n) is 1.81. The van der Waals surface area contributed by atoms with Crippen LogP contribution in [-0.4, -0.2) is 15.5 Å². The summed E-state index contributed by atoms with van der Waals surface area (Å²) in [4.78, 5) is 0.135. The van der Waals surface area contributed by atoms with Crippen molar-refractivity contribution in [3.63, 3.8) is 0 Å². The van der Waals surface area contributed by atoms with Crippen LogP contribution in [0.15, 0.2) is 45.8 Å². The highest BCUT2D eigenvalue weighted by Gasteiger charge is 2.13. The number of nitrogen functional groups attached to an aromatic ring is 1. The van der Waals surface area contributed by atoms with E-state index in [-0.39, 0.29) is 4.90 Å². The Balaban J connectivity index is 2.34. The van der Waals surface area contributed by atoms with Crippen molar-refractivity contribution in [2.24, 2.45) is 0 Å². The molecule has 0 aliphatic heterocycles. The standard InChI is InChI=1S/C14H16BrN3O2S/c1-9-3-5-13(11(15)7-9)18-14-6-4-10(8-12(14)16)21(19,20)17-2/h3-8,17-18H,16H2,1-2H3. The molecule has 0 spiro atoms. The highest BCUT2D eigenvalue weighted by atomic mass is 79.9. The predicted octanol–water partition coefficient (Wildman–Crippen LogP) is 2.99. The third-order valence-electron chi connectivity index (χ3n) is 3.00. The van der Waals surface area contributed by atoms with Gasteiger partial charge in [0.1, 0.15) is 0 Å². The Morgan fingerprint density at radius 3 is 2.33 bits per heavy atom. The first-order valence-corrected chi connectivity index (χ1v) is 8.47. The van der Waals surface area contributed by atoms with Crippen LogP contribution in [0.25, 0.3) is 0 Å². The normalized spacial score (nSPS) is 11.4. The topological polar surface area (TPSA) is 84.2 Å². The van der Waals surface area contributed by atoms with E-state index in [0.717, 1.165) is 15.7 Å². The molecule has 2 rings (SSSR count). The molecule has 2 aromatic carbocycles. The summed E-state index contributed by atoms with van der Waals surface area (Å²) in [6.07, 6.45) is 0. The van der Waals surface area contributed by atoms with Gasteiger partial charge in [-0.05, 0) is 65.8 Å². The summed E-state index contributed by atoms with van der Waals surface area (Å²) < 4.78 is 26.6. The van der Waals surface area contributed by atoms with Crippen LogP contribution in [0.5, 0.6) is 0 Å². The summed E-state index contributed by atoms with van der Waals surface area (Å²) in [5, 5.41) is 3.18. The van der Waals surface area contributed by atoms with Crippen molar-refractivity contribution in [3.8, 4) is 0 Å². The Labute approximate surface area is 132 Å². The largest absolute Gasteiger partial charge is 0.397 e. The molecular weight excluding hydrogens is 354 g/mol. The molecule has 0 unspecified atom stereocenters. The molecule has 0 bridgehead atoms. The van der Waals surface area contributed by atoms with Gasteiger partial charge in [-0.25, -0.2) is 13.1 Å². The van der Waals surface area contributed by atoms with E-state index >= 15 is 0 Å². The molecule has 0 heterocycles. The number of halogens is 1. The van der Waals surface area contributed by atoms with Gasteiger partial charge >= 0.3 is 0 Å². The van der Waals surface area contributed by atoms with Gasteiger partial charge in [0.05, 0.1) is 22.0 Å². The van der Waals surface area contributed by atoms with Crippen molar-refractivity contribution in [3.05, 3.63) is 46.4 Å². The van der Waals surface area contributed by atoms with Crippen molar-refractivity contribution in [2.75, 3.05) is 18.1 Å². The van der Waals surface area contributed by atoms with Crippen LogP contribution in [0.1, 0.15) is 5.56 Å². The van der Waals surface area contributed by atoms with Gasteiger partial charge in [-0.1, -0.05) is 6.07 Å². The number of nitrogens with two attached hydrogens (primary N) is 1. The average molecular weight is 370 g/mol. The highest BCUT2D eigenvalue weighted by Crippen LogP contribution is 2.30. The zero-order valence-corrected chi connectivity index (χ0v) is 14.0. The molecular formula is C14H16BrN3O2S. The number of benzene rings is 2. The predicted molar refractivity (Wildman–Crippen MR) is 89.3 cm³/mol. The maximum absolute atomic E-state index is 11.7. The van der Waals surface area contributed by atoms with E-state index in [4.69, 9.17) is 5.73 Å². The Morgan fingerprint density at radius 1 is 1.10 bits per heavy atom. The van der Waals surface area contributed by atoms with Crippen molar-refractivity contribution in [1.29, 1.82) is 0 Å². The van der Waals surface area contributed by atoms with Crippen LogP contribution in [0, 0.1) is 6.92 Å². The minimum atomic E-state index is -3.49. The Morgan fingerprint density at radius 2 is 1.76 bits per heavy atom. The molecule has 0 saturated heterocycles. The van der Waals surface area contributed by atoms with Crippen LogP contribution < -0.4 is 15.8 Å². The second-order valence-corrected chi connectivity index (χ2v) is 7.31. The molecule has 21 heavy (non-hydrogen) atoms. The van der Waals surface area contributed by atoms with Gasteiger partial charge in [-0.15, -0.1) is 0 Å². The second-order valence-electron chi connectivity index (χ2n) is 4.56. The van der Waals surface area contributed by atoms with E-state index in [2.05, 4.69) is 26.0 Å². The summed E-state index contributed by atoms with van der Waals surface area (Å²) in [5.74, 6) is 0. The second kappa shape index (κ2) is 6.05. The lowest BCUT2D eigenvalue weighted by Crippen LogP contribution is -2.18. The van der Waals surface area contributed by atoms with Crippen LogP contribution in [0.3, 0.4) is 0 Å². The summed E-state index contributed by atoms with van der Waals surface area (Å²) in [7, 11) is -2.13. The number of aryl methyl sites for hydroxylation is 1. The Kier molecular flexibility index (Phi) is 4.55. The van der Waals surface area contributed by atoms with Crippen molar-refractivity contribution in [1.82, 2.24) is 4.72 Å². The van der Waals surface area contributed by atoms with E-state index < -0.39 is 10.0 Å². The van der Waals surface area contributed by atoms with Crippen LogP contribution in [-0.2, 0) is 10.0 Å². The van der Waals surface area contributed by atoms with Crippen molar-refractivity contribution >= 4 is 43.0 Å². The lowest BCUT2D eigenvalue weighted by Gasteiger charge is -2.13. The number of rotatable bonds is 4. The zero-order chi connectivity index (χ0) is 15.6. The molecule has 4 N–H and O–H groups in total. The maximum Gasteiger partial charge on any atom is 0.240 e. The van der Waals surface area contributed by atoms with E-state index in [0.29, 0.717) is 11.4 Å². The smallest absolute Gasteiger partial charge is 0.240 e. The molecule has 2 aromatic rings. The van der Waals surface area contributed by atoms with Gasteiger partial charge in [0.15, 0.2) is 0 Å². The van der Waals surface area contributed by atoms with Crippen LogP contribution in [0.4, 0.5) is 17.1 Å². The first kappa shape index (κ1) is 15.8. The van der Waals surface area contributed by atoms with Crippen LogP contribution >= 0.6 is 15.9 Å². The van der Waals surface area contributed by atoms with Crippen LogP contribution in [0.2, 0.25) is 0 Å². The lowest BCUT2D eigenvalue weighted by molar-refractivity contribution is 0.588. The number of nitrogens with one attached hydrogen (secondary N) is 2. The SMILES string of the molecule is CNS(=O)(=O)c1ccc(Nc2ccc(C)cc2Br)c(N)c1. The minimum Gasteiger partial charge on any atom is -0.397 e. The number of hydrogen-bond donors (Lipinski definition) is 3. The first-order chi connectivity index (χ1) is 9.83. The molecule has 0 aliphatic rings. The van der Waals surface area contributed by atoms with Gasteiger partial charge in [-0.3, -0.25) is 0 Å². The molecule has 5 nitrogen and oxygen atoms in total. The zero-order valence-electron chi connectivity index (χ0n) is 11.6. The third kappa shape index (κ3) is 3.55. The minimum absolute atomic E-state index is 0.135. The molecule has 0 aliphatic carbocycles. The fourth-order valence-corrected chi connectivity index (χ4v) is 3.16. The lowest BCUT2D eigenvalue weighted by atomic mass is 10.2. The molecule has 0 fully saturated rings. The third-order valence-corrected chi connectivity index (χ3v) is 5.06. The van der Waals surface area contributed by atoms with Gasteiger partial charge in [0.25, 0.3) is 0 Å². The molecule has 0 radical (unpaired) electrons. The summed E-state index contributed by atoms with van der Waals surface area (Å²) in [6, 6.07) is 10.5. The Hall–Kier alpha value is -1.57. The molecule has 0 aromatic heterocycles. The molecule has 0 atom stereocenters. The van der Waals surface area contributed by atoms with Gasteiger partial charge in [-0.2, -0.15) is 0 Å². The quantitative estimate of drug-likeness (QED) is 0.723. The van der Waals surface area contributed by atoms with Gasteiger partial charge < -0.3 is 11.1 Å². The molecule has 0 saturated carbocycles. The van der Waals surface area contributed by atoms with E-state index in [9.17, 15) is 8.42 Å². The van der Waals surface area contributed by atoms with E-state index in [1.807, 2.05) is 25.1 Å². The number of anilines is 3. The van der Waals surface area contributed by atoms with E-state index in [1.165, 1.54) is 19.2 Å². The number of sulfonamides is 1. The van der Waals surface area contributed by atoms with Crippen molar-refractivity contribution < 1.29 is 8.42 Å². The van der Waals surface area contributed by atoms with Crippen molar-refractivity contribution in [2.45, 2.75) is 11.8 Å². The monoisotopic (exact) mass is 369 g/mol. The van der Waals surface area contributed by atoms with Gasteiger partial charge in [0.2, 0.25) is 10.0 Å². The van der Waals surface area contributed by atoms with E-state index in [1.54, 1.807) is 6.07 Å². The Bertz CT molecular complexity index is 776. The first-order valence-electron chi connectivity index (χ1n) is 6.20. The molecule has 0 amide bonds. The maximum atomic E-state index is 11.7. The average Bonchev–Trinajstić information content (AvgIpc) is 2.43. The highest BCUT2D eigenvalue weighted by molar-refractivity contribution is 9.10. The summed E-state index contributed by atoms with van der Waals surface area (Å²) in [6.45, 7) is 2.00. The number of hydrogen-bond acceptors (Lipinski definition) is 4. The summed E-state index contributed by atoms with van der Waals surface area (Å²) >= 11 is 3.48. The molecule has 7 heteroatoms. The fraction of sp³-hybridized carbons (Fsp3) is 0.143. The summed E-state index contributed by atoms with van der Waals surface area (Å²) in [5.41, 5.74) is 8.93. The van der Waals surface area contributed by atoms with Gasteiger partial charge in [0, 0.05) is 4.47 Å².